The maximum absolute atomic E-state index is 12.9. The standard InChI is InChI=1S/C22H27N3O5/c1-15-7-4-5-11-22(15)20(28)25(21(29)23-22)13-19(27)30-14-18(26)24-12-6-9-16-8-2-3-10-17(16)24/h2-3,8,10,15H,4-7,9,11-14H2,1H3,(H,23,29)/t15-,22+/m1/s1. The van der Waals surface area contributed by atoms with E-state index in [-0.39, 0.29) is 17.7 Å². The third-order valence-electron chi connectivity index (χ3n) is 6.56. The lowest BCUT2D eigenvalue weighted by atomic mass is 9.73. The number of nitrogens with zero attached hydrogens (tertiary/aromatic N) is 2. The van der Waals surface area contributed by atoms with Gasteiger partial charge >= 0.3 is 12.0 Å². The molecule has 4 rings (SSSR count). The number of anilines is 1. The fourth-order valence-corrected chi connectivity index (χ4v) is 4.83. The first-order chi connectivity index (χ1) is 14.4. The van der Waals surface area contributed by atoms with Crippen LogP contribution in [0.15, 0.2) is 24.3 Å². The SMILES string of the molecule is C[C@@H]1CCCC[C@]12NC(=O)N(CC(=O)OCC(=O)N1CCCc3ccccc31)C2=O. The molecule has 8 nitrogen and oxygen atoms in total. The molecular weight excluding hydrogens is 386 g/mol. The molecule has 1 spiro atoms. The lowest BCUT2D eigenvalue weighted by Crippen LogP contribution is -2.54. The predicted octanol–water partition coefficient (Wildman–Crippen LogP) is 2.01. The topological polar surface area (TPSA) is 96.0 Å². The van der Waals surface area contributed by atoms with Gasteiger partial charge in [0.25, 0.3) is 11.8 Å². The maximum Gasteiger partial charge on any atom is 0.326 e. The zero-order valence-electron chi connectivity index (χ0n) is 17.2. The second-order valence-electron chi connectivity index (χ2n) is 8.38. The summed E-state index contributed by atoms with van der Waals surface area (Å²) in [5.74, 6) is -1.43. The van der Waals surface area contributed by atoms with E-state index in [2.05, 4.69) is 5.32 Å². The Morgan fingerprint density at radius 3 is 2.80 bits per heavy atom. The van der Waals surface area contributed by atoms with Crippen LogP contribution in [0.25, 0.3) is 0 Å². The number of esters is 1. The van der Waals surface area contributed by atoms with Crippen molar-refractivity contribution in [1.82, 2.24) is 10.2 Å². The average Bonchev–Trinajstić information content (AvgIpc) is 2.98. The maximum atomic E-state index is 12.9. The van der Waals surface area contributed by atoms with Gasteiger partial charge in [-0.05, 0) is 43.2 Å². The van der Waals surface area contributed by atoms with Crippen LogP contribution < -0.4 is 10.2 Å². The molecule has 1 aromatic carbocycles. The molecule has 0 bridgehead atoms. The van der Waals surface area contributed by atoms with Crippen molar-refractivity contribution >= 4 is 29.5 Å². The number of ether oxygens (including phenoxy) is 1. The highest BCUT2D eigenvalue weighted by atomic mass is 16.5. The monoisotopic (exact) mass is 413 g/mol. The van der Waals surface area contributed by atoms with E-state index in [1.54, 1.807) is 4.90 Å². The molecule has 30 heavy (non-hydrogen) atoms. The van der Waals surface area contributed by atoms with E-state index in [0.717, 1.165) is 48.3 Å². The van der Waals surface area contributed by atoms with Crippen molar-refractivity contribution in [2.75, 3.05) is 24.6 Å². The number of carbonyl (C=O) groups is 4. The zero-order valence-corrected chi connectivity index (χ0v) is 17.2. The molecule has 1 aromatic rings. The Hall–Kier alpha value is -2.90. The van der Waals surface area contributed by atoms with Gasteiger partial charge in [0.1, 0.15) is 12.1 Å². The first kappa shape index (κ1) is 20.4. The fraction of sp³-hybridized carbons (Fsp3) is 0.545. The van der Waals surface area contributed by atoms with Crippen molar-refractivity contribution in [2.24, 2.45) is 5.92 Å². The van der Waals surface area contributed by atoms with Crippen molar-refractivity contribution in [2.45, 2.75) is 51.0 Å². The Kier molecular flexibility index (Phi) is 5.49. The van der Waals surface area contributed by atoms with Gasteiger partial charge in [0.15, 0.2) is 6.61 Å². The second-order valence-corrected chi connectivity index (χ2v) is 8.38. The molecule has 8 heteroatoms. The van der Waals surface area contributed by atoms with E-state index in [1.807, 2.05) is 31.2 Å². The Bertz CT molecular complexity index is 885. The van der Waals surface area contributed by atoms with Crippen LogP contribution in [0, 0.1) is 5.92 Å². The average molecular weight is 413 g/mol. The van der Waals surface area contributed by atoms with Crippen LogP contribution in [0.4, 0.5) is 10.5 Å². The summed E-state index contributed by atoms with van der Waals surface area (Å²) in [5.41, 5.74) is 1.02. The molecule has 0 radical (unpaired) electrons. The molecule has 2 atom stereocenters. The Labute approximate surface area is 175 Å². The molecule has 0 aromatic heterocycles. The Balaban J connectivity index is 1.35. The molecule has 2 fully saturated rings. The van der Waals surface area contributed by atoms with E-state index < -0.39 is 30.7 Å². The highest BCUT2D eigenvalue weighted by Crippen LogP contribution is 2.38. The molecule has 2 heterocycles. The lowest BCUT2D eigenvalue weighted by molar-refractivity contribution is -0.151. The van der Waals surface area contributed by atoms with Gasteiger partial charge in [-0.1, -0.05) is 38.0 Å². The number of amides is 4. The molecular formula is C22H27N3O5. The summed E-state index contributed by atoms with van der Waals surface area (Å²) >= 11 is 0. The van der Waals surface area contributed by atoms with E-state index in [0.29, 0.717) is 13.0 Å². The van der Waals surface area contributed by atoms with Crippen LogP contribution in [0.5, 0.6) is 0 Å². The third-order valence-corrected chi connectivity index (χ3v) is 6.56. The quantitative estimate of drug-likeness (QED) is 0.602. The highest BCUT2D eigenvalue weighted by molar-refractivity contribution is 6.09. The highest BCUT2D eigenvalue weighted by Gasteiger charge is 2.55. The van der Waals surface area contributed by atoms with Crippen molar-refractivity contribution in [3.63, 3.8) is 0 Å². The fourth-order valence-electron chi connectivity index (χ4n) is 4.83. The first-order valence-corrected chi connectivity index (χ1v) is 10.6. The summed E-state index contributed by atoms with van der Waals surface area (Å²) in [6, 6.07) is 7.11. The van der Waals surface area contributed by atoms with Crippen LogP contribution in [-0.2, 0) is 25.5 Å². The van der Waals surface area contributed by atoms with E-state index >= 15 is 0 Å². The molecule has 0 unspecified atom stereocenters. The number of urea groups is 1. The molecule has 160 valence electrons. The Morgan fingerprint density at radius 2 is 2.00 bits per heavy atom. The number of nitrogens with one attached hydrogen (secondary N) is 1. The number of benzene rings is 1. The molecule has 1 saturated carbocycles. The number of fused-ring (bicyclic) bond motifs is 1. The number of imide groups is 1. The number of para-hydroxylation sites is 1. The molecule has 3 aliphatic rings. The van der Waals surface area contributed by atoms with Gasteiger partial charge in [0.2, 0.25) is 0 Å². The van der Waals surface area contributed by atoms with Crippen molar-refractivity contribution in [3.8, 4) is 0 Å². The largest absolute Gasteiger partial charge is 0.454 e. The van der Waals surface area contributed by atoms with Crippen LogP contribution in [0.2, 0.25) is 0 Å². The minimum atomic E-state index is -0.914. The number of aryl methyl sites for hydroxylation is 1. The lowest BCUT2D eigenvalue weighted by Gasteiger charge is -2.36. The molecule has 2 aliphatic heterocycles. The minimum absolute atomic E-state index is 0.0180. The van der Waals surface area contributed by atoms with E-state index in [1.165, 1.54) is 0 Å². The molecule has 1 aliphatic carbocycles. The zero-order chi connectivity index (χ0) is 21.3. The summed E-state index contributed by atoms with van der Waals surface area (Å²) in [4.78, 5) is 52.8. The van der Waals surface area contributed by atoms with Gasteiger partial charge in [-0.2, -0.15) is 0 Å². The van der Waals surface area contributed by atoms with E-state index in [9.17, 15) is 19.2 Å². The van der Waals surface area contributed by atoms with Gasteiger partial charge in [0, 0.05) is 12.2 Å². The Morgan fingerprint density at radius 1 is 1.20 bits per heavy atom. The van der Waals surface area contributed by atoms with E-state index in [4.69, 9.17) is 4.74 Å². The summed E-state index contributed by atoms with van der Waals surface area (Å²) in [5, 5.41) is 2.81. The van der Waals surface area contributed by atoms with Crippen LogP contribution in [0.1, 0.15) is 44.6 Å². The minimum Gasteiger partial charge on any atom is -0.454 e. The van der Waals surface area contributed by atoms with Gasteiger partial charge in [0.05, 0.1) is 0 Å². The van der Waals surface area contributed by atoms with Crippen molar-refractivity contribution in [3.05, 3.63) is 29.8 Å². The summed E-state index contributed by atoms with van der Waals surface area (Å²) in [6.45, 7) is 1.62. The van der Waals surface area contributed by atoms with Crippen LogP contribution in [-0.4, -0.2) is 54.0 Å². The van der Waals surface area contributed by atoms with Crippen molar-refractivity contribution in [1.29, 1.82) is 0 Å². The number of carbonyl (C=O) groups excluding carboxylic acids is 4. The van der Waals surface area contributed by atoms with Crippen LogP contribution in [0.3, 0.4) is 0 Å². The second kappa shape index (κ2) is 8.08. The number of hydrogen-bond acceptors (Lipinski definition) is 5. The predicted molar refractivity (Wildman–Crippen MR) is 109 cm³/mol. The van der Waals surface area contributed by atoms with Crippen molar-refractivity contribution < 1.29 is 23.9 Å². The molecule has 4 amide bonds. The normalized spacial score (nSPS) is 25.8. The van der Waals surface area contributed by atoms with Gasteiger partial charge < -0.3 is 15.0 Å². The molecule has 1 N–H and O–H groups in total. The van der Waals surface area contributed by atoms with Gasteiger partial charge in [-0.25, -0.2) is 4.79 Å². The smallest absolute Gasteiger partial charge is 0.326 e. The van der Waals surface area contributed by atoms with Gasteiger partial charge in [-0.15, -0.1) is 0 Å². The summed E-state index contributed by atoms with van der Waals surface area (Å²) in [6.07, 6.45) is 5.08. The van der Waals surface area contributed by atoms with Crippen LogP contribution >= 0.6 is 0 Å². The third kappa shape index (κ3) is 3.55. The summed E-state index contributed by atoms with van der Waals surface area (Å²) < 4.78 is 5.13. The first-order valence-electron chi connectivity index (χ1n) is 10.6. The number of hydrogen-bond donors (Lipinski definition) is 1. The number of rotatable bonds is 4. The summed E-state index contributed by atoms with van der Waals surface area (Å²) in [7, 11) is 0. The molecule has 1 saturated heterocycles. The van der Waals surface area contributed by atoms with Gasteiger partial charge in [-0.3, -0.25) is 19.3 Å².